The maximum atomic E-state index is 9.50. The predicted molar refractivity (Wildman–Crippen MR) is 113 cm³/mol. The zero-order valence-electron chi connectivity index (χ0n) is 16.6. The van der Waals surface area contributed by atoms with Crippen LogP contribution < -0.4 is 0 Å². The third kappa shape index (κ3) is 12.1. The lowest BCUT2D eigenvalue weighted by Crippen LogP contribution is -1.70. The zero-order valence-corrected chi connectivity index (χ0v) is 17.4. The molecule has 0 bridgehead atoms. The van der Waals surface area contributed by atoms with Crippen molar-refractivity contribution in [3.05, 3.63) is 92.7 Å². The van der Waals surface area contributed by atoms with Gasteiger partial charge in [-0.15, -0.1) is 11.3 Å². The topological polar surface area (TPSA) is 0 Å². The van der Waals surface area contributed by atoms with Crippen molar-refractivity contribution in [2.75, 3.05) is 7.18 Å². The molecule has 25 heavy (non-hydrogen) atoms. The molecule has 0 unspecified atom stereocenters. The smallest absolute Gasteiger partial charge is 0.0785 e. The Kier molecular flexibility index (Phi) is 12.3. The highest BCUT2D eigenvalue weighted by atomic mass is 32.1. The Hall–Kier alpha value is -1.93. The van der Waals surface area contributed by atoms with Gasteiger partial charge in [-0.2, -0.15) is 0 Å². The predicted octanol–water partition coefficient (Wildman–Crippen LogP) is 7.56. The van der Waals surface area contributed by atoms with Crippen LogP contribution in [0.25, 0.3) is 0 Å². The Bertz CT molecular complexity index is 577. The number of benzene rings is 2. The molecule has 0 atom stereocenters. The van der Waals surface area contributed by atoms with Crippen molar-refractivity contribution in [2.24, 2.45) is 0 Å². The molecule has 136 valence electrons. The molecule has 0 spiro atoms. The van der Waals surface area contributed by atoms with Crippen LogP contribution in [0.1, 0.15) is 32.0 Å². The van der Waals surface area contributed by atoms with E-state index in [0.29, 0.717) is 7.18 Å². The molecule has 1 aromatic heterocycles. The van der Waals surface area contributed by atoms with Gasteiger partial charge >= 0.3 is 0 Å². The third-order valence-corrected chi connectivity index (χ3v) is 4.23. The molecule has 0 saturated carbocycles. The number of hydrogen-bond donors (Lipinski definition) is 0. The van der Waals surface area contributed by atoms with Crippen LogP contribution in [0.3, 0.4) is 0 Å². The first-order chi connectivity index (χ1) is 11.9. The van der Waals surface area contributed by atoms with E-state index >= 15 is 0 Å². The summed E-state index contributed by atoms with van der Waals surface area (Å²) in [5.41, 5.74) is 5.32. The summed E-state index contributed by atoms with van der Waals surface area (Å²) in [6.07, 6.45) is 0. The molecule has 0 radical (unpaired) electrons. The van der Waals surface area contributed by atoms with Crippen LogP contribution in [0, 0.1) is 41.5 Å². The Morgan fingerprint density at radius 1 is 0.440 bits per heavy atom. The zero-order chi connectivity index (χ0) is 19.2. The summed E-state index contributed by atoms with van der Waals surface area (Å²) >= 11 is 1.84. The van der Waals surface area contributed by atoms with E-state index in [9.17, 15) is 4.39 Å². The van der Waals surface area contributed by atoms with Gasteiger partial charge in [0.05, 0.1) is 7.18 Å². The van der Waals surface area contributed by atoms with E-state index in [0.717, 1.165) is 0 Å². The molecule has 1 heterocycles. The summed E-state index contributed by atoms with van der Waals surface area (Å²) in [5, 5.41) is 0. The largest absolute Gasteiger partial charge is 0.255 e. The van der Waals surface area contributed by atoms with E-state index in [1.54, 1.807) is 0 Å². The van der Waals surface area contributed by atoms with Gasteiger partial charge < -0.3 is 0 Å². The number of rotatable bonds is 0. The summed E-state index contributed by atoms with van der Waals surface area (Å²) in [4.78, 5) is 2.80. The van der Waals surface area contributed by atoms with Gasteiger partial charge in [-0.25, -0.2) is 0 Å². The van der Waals surface area contributed by atoms with Gasteiger partial charge in [0.1, 0.15) is 0 Å². The quantitative estimate of drug-likeness (QED) is 0.389. The van der Waals surface area contributed by atoms with E-state index in [-0.39, 0.29) is 0 Å². The average molecular weight is 359 g/mol. The molecule has 0 N–H and O–H groups in total. The molecular formula is C23H31FS. The molecule has 2 heteroatoms. The third-order valence-electron chi connectivity index (χ3n) is 3.31. The van der Waals surface area contributed by atoms with Crippen LogP contribution in [0.15, 0.2) is 60.7 Å². The van der Waals surface area contributed by atoms with Crippen LogP contribution in [0.5, 0.6) is 0 Å². The van der Waals surface area contributed by atoms with E-state index in [2.05, 4.69) is 102 Å². The van der Waals surface area contributed by atoms with Gasteiger partial charge in [-0.3, -0.25) is 4.39 Å². The fourth-order valence-corrected chi connectivity index (χ4v) is 2.61. The van der Waals surface area contributed by atoms with E-state index < -0.39 is 0 Å². The second kappa shape index (κ2) is 13.4. The molecule has 0 aliphatic carbocycles. The molecule has 0 saturated heterocycles. The van der Waals surface area contributed by atoms with Gasteiger partial charge in [-0.1, -0.05) is 70.8 Å². The van der Waals surface area contributed by atoms with E-state index in [4.69, 9.17) is 0 Å². The fourth-order valence-electron chi connectivity index (χ4n) is 1.83. The van der Waals surface area contributed by atoms with Gasteiger partial charge in [0.2, 0.25) is 0 Å². The van der Waals surface area contributed by atoms with Crippen LogP contribution in [0.4, 0.5) is 4.39 Å². The SMILES string of the molecule is CF.Cc1ccc(C)cc1.Cc1ccc(C)cc1.Cc1ccc(C)s1. The average Bonchev–Trinajstić information content (AvgIpc) is 2.99. The maximum Gasteiger partial charge on any atom is 0.0785 e. The second-order valence-electron chi connectivity index (χ2n) is 5.97. The number of hydrogen-bond acceptors (Lipinski definition) is 1. The molecule has 3 aromatic rings. The molecule has 0 aliphatic heterocycles. The highest BCUT2D eigenvalue weighted by molar-refractivity contribution is 7.11. The van der Waals surface area contributed by atoms with E-state index in [1.807, 2.05) is 11.3 Å². The number of thiophene rings is 1. The van der Waals surface area contributed by atoms with Crippen molar-refractivity contribution in [1.29, 1.82) is 0 Å². The van der Waals surface area contributed by atoms with Crippen LogP contribution in [-0.4, -0.2) is 7.18 Å². The van der Waals surface area contributed by atoms with Crippen LogP contribution in [-0.2, 0) is 0 Å². The first-order valence-electron chi connectivity index (χ1n) is 8.34. The molecule has 3 rings (SSSR count). The Morgan fingerprint density at radius 3 is 0.760 bits per heavy atom. The van der Waals surface area contributed by atoms with Gasteiger partial charge in [-0.05, 0) is 53.7 Å². The molecule has 0 fully saturated rings. The van der Waals surface area contributed by atoms with Crippen molar-refractivity contribution in [2.45, 2.75) is 41.5 Å². The molecule has 0 amide bonds. The number of aryl methyl sites for hydroxylation is 6. The second-order valence-corrected chi connectivity index (χ2v) is 7.46. The summed E-state index contributed by atoms with van der Waals surface area (Å²) in [7, 11) is 0.500. The molecule has 0 aliphatic rings. The van der Waals surface area contributed by atoms with Crippen molar-refractivity contribution in [3.63, 3.8) is 0 Å². The molecule has 0 nitrogen and oxygen atoms in total. The Balaban J connectivity index is 0.000000330. The molecular weight excluding hydrogens is 327 g/mol. The van der Waals surface area contributed by atoms with Crippen molar-refractivity contribution < 1.29 is 4.39 Å². The lowest BCUT2D eigenvalue weighted by Gasteiger charge is -1.90. The Morgan fingerprint density at radius 2 is 0.640 bits per heavy atom. The number of alkyl halides is 1. The maximum absolute atomic E-state index is 9.50. The minimum atomic E-state index is 0.500. The van der Waals surface area contributed by atoms with Crippen LogP contribution in [0.2, 0.25) is 0 Å². The summed E-state index contributed by atoms with van der Waals surface area (Å²) in [6, 6.07) is 21.2. The van der Waals surface area contributed by atoms with Gasteiger partial charge in [0.15, 0.2) is 0 Å². The minimum Gasteiger partial charge on any atom is -0.255 e. The fraction of sp³-hybridized carbons (Fsp3) is 0.304. The number of halogens is 1. The normalized spacial score (nSPS) is 8.80. The highest BCUT2D eigenvalue weighted by Crippen LogP contribution is 2.12. The van der Waals surface area contributed by atoms with Crippen molar-refractivity contribution >= 4 is 11.3 Å². The van der Waals surface area contributed by atoms with Crippen molar-refractivity contribution in [1.82, 2.24) is 0 Å². The first kappa shape index (κ1) is 23.1. The summed E-state index contributed by atoms with van der Waals surface area (Å²) in [5.74, 6) is 0. The molecule has 2 aromatic carbocycles. The highest BCUT2D eigenvalue weighted by Gasteiger charge is 1.84. The summed E-state index contributed by atoms with van der Waals surface area (Å²) in [6.45, 7) is 12.6. The summed E-state index contributed by atoms with van der Waals surface area (Å²) < 4.78 is 9.50. The standard InChI is InChI=1S/2C8H10.C6H8S.CH3F/c2*1-7-3-5-8(2)6-4-7;1-5-3-4-6(2)7-5;1-2/h2*3-6H,1-2H3;3-4H,1-2H3;1H3. The van der Waals surface area contributed by atoms with E-state index in [1.165, 1.54) is 32.0 Å². The lowest BCUT2D eigenvalue weighted by atomic mass is 10.2. The minimum absolute atomic E-state index is 0.500. The first-order valence-corrected chi connectivity index (χ1v) is 9.16. The van der Waals surface area contributed by atoms with Gasteiger partial charge in [0.25, 0.3) is 0 Å². The van der Waals surface area contributed by atoms with Crippen molar-refractivity contribution in [3.8, 4) is 0 Å². The Labute approximate surface area is 157 Å². The monoisotopic (exact) mass is 358 g/mol. The van der Waals surface area contributed by atoms with Gasteiger partial charge in [0, 0.05) is 9.75 Å². The van der Waals surface area contributed by atoms with Crippen LogP contribution >= 0.6 is 11.3 Å². The lowest BCUT2D eigenvalue weighted by molar-refractivity contribution is 0.636.